The van der Waals surface area contributed by atoms with E-state index in [1.165, 1.54) is 5.69 Å². The first-order chi connectivity index (χ1) is 8.25. The molecule has 2 heterocycles. The lowest BCUT2D eigenvalue weighted by Crippen LogP contribution is -2.23. The summed E-state index contributed by atoms with van der Waals surface area (Å²) in [5.41, 5.74) is 2.15. The van der Waals surface area contributed by atoms with Crippen molar-refractivity contribution >= 4 is 16.6 Å². The minimum absolute atomic E-state index is 0.296. The molecule has 92 valence electrons. The lowest BCUT2D eigenvalue weighted by Gasteiger charge is -2.26. The molecule has 2 aliphatic rings. The number of fused-ring (bicyclic) bond motifs is 1. The second-order valence-corrected chi connectivity index (χ2v) is 6.64. The number of ketones is 1. The third-order valence-electron chi connectivity index (χ3n) is 3.89. The molecule has 1 aromatic rings. The molecule has 0 radical (unpaired) electrons. The van der Waals surface area contributed by atoms with Gasteiger partial charge >= 0.3 is 0 Å². The van der Waals surface area contributed by atoms with E-state index in [2.05, 4.69) is 10.8 Å². The summed E-state index contributed by atoms with van der Waals surface area (Å²) >= 11 is 0. The number of carbonyl (C=O) groups is 1. The van der Waals surface area contributed by atoms with E-state index in [0.29, 0.717) is 18.2 Å². The van der Waals surface area contributed by atoms with Gasteiger partial charge in [-0.3, -0.25) is 9.00 Å². The van der Waals surface area contributed by atoms with Gasteiger partial charge in [-0.05, 0) is 31.7 Å². The van der Waals surface area contributed by atoms with E-state index in [-0.39, 0.29) is 0 Å². The van der Waals surface area contributed by atoms with Crippen LogP contribution in [0, 0.1) is 0 Å². The number of aromatic nitrogens is 1. The molecule has 1 aliphatic carbocycles. The summed E-state index contributed by atoms with van der Waals surface area (Å²) in [6, 6.07) is 2.44. The van der Waals surface area contributed by atoms with Crippen molar-refractivity contribution in [2.75, 3.05) is 11.5 Å². The molecule has 0 amide bonds. The second-order valence-electron chi connectivity index (χ2n) is 4.94. The highest BCUT2D eigenvalue weighted by molar-refractivity contribution is 7.85. The largest absolute Gasteiger partial charge is 0.348 e. The van der Waals surface area contributed by atoms with Crippen LogP contribution in [-0.4, -0.2) is 26.1 Å². The number of Topliss-reactive ketones (excluding diaryl/α,β-unsaturated/α-hetero) is 1. The Morgan fingerprint density at radius 2 is 2.00 bits per heavy atom. The fourth-order valence-corrected chi connectivity index (χ4v) is 4.22. The van der Waals surface area contributed by atoms with Crippen LogP contribution in [0.2, 0.25) is 0 Å². The predicted octanol–water partition coefficient (Wildman–Crippen LogP) is 2.09. The number of nitrogens with zero attached hydrogens (tertiary/aromatic N) is 1. The molecule has 17 heavy (non-hydrogen) atoms. The van der Waals surface area contributed by atoms with Gasteiger partial charge in [0, 0.05) is 52.2 Å². The van der Waals surface area contributed by atoms with E-state index in [9.17, 15) is 9.00 Å². The molecule has 1 aliphatic heterocycles. The Hall–Kier alpha value is -0.900. The minimum Gasteiger partial charge on any atom is -0.348 e. The zero-order valence-electron chi connectivity index (χ0n) is 9.85. The van der Waals surface area contributed by atoms with Crippen LogP contribution in [0.15, 0.2) is 12.3 Å². The van der Waals surface area contributed by atoms with Crippen molar-refractivity contribution < 1.29 is 9.00 Å². The SMILES string of the molecule is O=C1CCCc2c1ccn2C1CCS(=O)CC1. The summed E-state index contributed by atoms with van der Waals surface area (Å²) in [6.45, 7) is 0. The lowest BCUT2D eigenvalue weighted by atomic mass is 9.96. The molecule has 0 N–H and O–H groups in total. The van der Waals surface area contributed by atoms with E-state index in [1.54, 1.807) is 0 Å². The average molecular weight is 251 g/mol. The standard InChI is InChI=1S/C13H17NO2S/c15-13-3-1-2-12-11(13)4-7-14(12)10-5-8-17(16)9-6-10/h4,7,10H,1-3,5-6,8-9H2. The molecule has 0 bridgehead atoms. The maximum Gasteiger partial charge on any atom is 0.164 e. The van der Waals surface area contributed by atoms with Crippen molar-refractivity contribution in [2.45, 2.75) is 38.1 Å². The molecule has 0 saturated carbocycles. The van der Waals surface area contributed by atoms with E-state index >= 15 is 0 Å². The zero-order chi connectivity index (χ0) is 11.8. The number of hydrogen-bond donors (Lipinski definition) is 0. The summed E-state index contributed by atoms with van der Waals surface area (Å²) in [7, 11) is -0.612. The van der Waals surface area contributed by atoms with Gasteiger partial charge in [0.1, 0.15) is 0 Å². The fraction of sp³-hybridized carbons (Fsp3) is 0.615. The van der Waals surface area contributed by atoms with Gasteiger partial charge in [0.15, 0.2) is 5.78 Å². The van der Waals surface area contributed by atoms with Gasteiger partial charge in [-0.1, -0.05) is 0 Å². The van der Waals surface area contributed by atoms with Gasteiger partial charge in [-0.15, -0.1) is 0 Å². The van der Waals surface area contributed by atoms with Crippen molar-refractivity contribution in [2.24, 2.45) is 0 Å². The third-order valence-corrected chi connectivity index (χ3v) is 5.28. The van der Waals surface area contributed by atoms with Crippen molar-refractivity contribution in [3.8, 4) is 0 Å². The van der Waals surface area contributed by atoms with Crippen molar-refractivity contribution in [3.05, 3.63) is 23.5 Å². The van der Waals surface area contributed by atoms with Gasteiger partial charge in [0.05, 0.1) is 0 Å². The van der Waals surface area contributed by atoms with Crippen LogP contribution in [0.5, 0.6) is 0 Å². The molecule has 1 fully saturated rings. The zero-order valence-corrected chi connectivity index (χ0v) is 10.7. The Kier molecular flexibility index (Phi) is 2.90. The van der Waals surface area contributed by atoms with Crippen LogP contribution in [0.4, 0.5) is 0 Å². The summed E-state index contributed by atoms with van der Waals surface area (Å²) in [5, 5.41) is 0. The Morgan fingerprint density at radius 3 is 2.76 bits per heavy atom. The molecule has 0 atom stereocenters. The van der Waals surface area contributed by atoms with Crippen LogP contribution in [-0.2, 0) is 17.2 Å². The topological polar surface area (TPSA) is 39.1 Å². The number of carbonyl (C=O) groups excluding carboxylic acids is 1. The average Bonchev–Trinajstić information content (AvgIpc) is 2.75. The van der Waals surface area contributed by atoms with Crippen LogP contribution in [0.3, 0.4) is 0 Å². The van der Waals surface area contributed by atoms with Crippen molar-refractivity contribution in [3.63, 3.8) is 0 Å². The Bertz CT molecular complexity index is 468. The molecule has 3 rings (SSSR count). The molecule has 1 aromatic heterocycles. The lowest BCUT2D eigenvalue weighted by molar-refractivity contribution is 0.0971. The third kappa shape index (κ3) is 1.99. The van der Waals surface area contributed by atoms with Crippen LogP contribution < -0.4 is 0 Å². The minimum atomic E-state index is -0.612. The highest BCUT2D eigenvalue weighted by atomic mass is 32.2. The highest BCUT2D eigenvalue weighted by Crippen LogP contribution is 2.29. The van der Waals surface area contributed by atoms with E-state index in [0.717, 1.165) is 42.8 Å². The molecule has 3 nitrogen and oxygen atoms in total. The molecular formula is C13H17NO2S. The summed E-state index contributed by atoms with van der Waals surface area (Å²) in [6.07, 6.45) is 6.74. The van der Waals surface area contributed by atoms with Gasteiger partial charge in [-0.25, -0.2) is 0 Å². The van der Waals surface area contributed by atoms with E-state index < -0.39 is 10.8 Å². The Labute approximate surface area is 104 Å². The maximum atomic E-state index is 11.8. The Morgan fingerprint density at radius 1 is 1.24 bits per heavy atom. The smallest absolute Gasteiger partial charge is 0.164 e. The summed E-state index contributed by atoms with van der Waals surface area (Å²) in [5.74, 6) is 1.92. The molecule has 0 aromatic carbocycles. The van der Waals surface area contributed by atoms with Crippen molar-refractivity contribution in [1.82, 2.24) is 4.57 Å². The monoisotopic (exact) mass is 251 g/mol. The van der Waals surface area contributed by atoms with Gasteiger partial charge in [0.2, 0.25) is 0 Å². The highest BCUT2D eigenvalue weighted by Gasteiger charge is 2.25. The first-order valence-corrected chi connectivity index (χ1v) is 7.82. The van der Waals surface area contributed by atoms with Gasteiger partial charge in [-0.2, -0.15) is 0 Å². The second kappa shape index (κ2) is 4.41. The summed E-state index contributed by atoms with van der Waals surface area (Å²) in [4.78, 5) is 11.8. The van der Waals surface area contributed by atoms with Crippen LogP contribution in [0.1, 0.15) is 47.8 Å². The van der Waals surface area contributed by atoms with Crippen molar-refractivity contribution in [1.29, 1.82) is 0 Å². The number of rotatable bonds is 1. The Balaban J connectivity index is 1.89. The molecular weight excluding hydrogens is 234 g/mol. The van der Waals surface area contributed by atoms with Gasteiger partial charge in [0.25, 0.3) is 0 Å². The molecule has 1 saturated heterocycles. The quantitative estimate of drug-likeness (QED) is 0.766. The fourth-order valence-electron chi connectivity index (χ4n) is 2.95. The normalized spacial score (nSPS) is 29.1. The number of hydrogen-bond acceptors (Lipinski definition) is 2. The molecule has 0 spiro atoms. The first-order valence-electron chi connectivity index (χ1n) is 6.33. The predicted molar refractivity (Wildman–Crippen MR) is 67.8 cm³/mol. The molecule has 4 heteroatoms. The molecule has 0 unspecified atom stereocenters. The van der Waals surface area contributed by atoms with Gasteiger partial charge < -0.3 is 4.57 Å². The first kappa shape index (κ1) is 11.2. The van der Waals surface area contributed by atoms with E-state index in [1.807, 2.05) is 6.07 Å². The summed E-state index contributed by atoms with van der Waals surface area (Å²) < 4.78 is 13.6. The van der Waals surface area contributed by atoms with Crippen LogP contribution in [0.25, 0.3) is 0 Å². The van der Waals surface area contributed by atoms with E-state index in [4.69, 9.17) is 0 Å². The van der Waals surface area contributed by atoms with Crippen LogP contribution >= 0.6 is 0 Å². The maximum absolute atomic E-state index is 11.8.